The van der Waals surface area contributed by atoms with Gasteiger partial charge >= 0.3 is 0 Å². The van der Waals surface area contributed by atoms with E-state index in [-0.39, 0.29) is 11.9 Å². The summed E-state index contributed by atoms with van der Waals surface area (Å²) in [7, 11) is 0. The van der Waals surface area contributed by atoms with E-state index in [1.165, 1.54) is 0 Å². The second-order valence-corrected chi connectivity index (χ2v) is 6.08. The van der Waals surface area contributed by atoms with Gasteiger partial charge < -0.3 is 11.1 Å². The summed E-state index contributed by atoms with van der Waals surface area (Å²) >= 11 is 1.54. The number of nitrogens with two attached hydrogens (primary N) is 1. The predicted octanol–water partition coefficient (Wildman–Crippen LogP) is 1.62. The van der Waals surface area contributed by atoms with Gasteiger partial charge in [-0.3, -0.25) is 9.69 Å². The van der Waals surface area contributed by atoms with Crippen LogP contribution in [0.3, 0.4) is 0 Å². The smallest absolute Gasteiger partial charge is 0.234 e. The third kappa shape index (κ3) is 4.12. The van der Waals surface area contributed by atoms with Crippen LogP contribution in [0.25, 0.3) is 10.2 Å². The molecule has 0 bridgehead atoms. The highest BCUT2D eigenvalue weighted by Crippen LogP contribution is 2.23. The number of likely N-dealkylation sites (N-methyl/N-ethyl adjacent to an activating group) is 1. The SMILES string of the molecule is CCN(CC(=O)NC(C)C)Cc1nc(N)c2ccsc2n1. The third-order valence-electron chi connectivity index (χ3n) is 3.03. The van der Waals surface area contributed by atoms with Crippen LogP contribution in [-0.2, 0) is 11.3 Å². The van der Waals surface area contributed by atoms with Crippen LogP contribution >= 0.6 is 11.3 Å². The molecule has 2 rings (SSSR count). The Hall–Kier alpha value is -1.73. The molecule has 0 atom stereocenters. The molecule has 0 aromatic carbocycles. The van der Waals surface area contributed by atoms with E-state index >= 15 is 0 Å². The van der Waals surface area contributed by atoms with E-state index in [9.17, 15) is 4.79 Å². The highest BCUT2D eigenvalue weighted by molar-refractivity contribution is 7.16. The van der Waals surface area contributed by atoms with Crippen LogP contribution in [0.1, 0.15) is 26.6 Å². The third-order valence-corrected chi connectivity index (χ3v) is 3.84. The molecular weight excluding hydrogens is 286 g/mol. The lowest BCUT2D eigenvalue weighted by Crippen LogP contribution is -2.40. The van der Waals surface area contributed by atoms with Crippen LogP contribution in [0, 0.1) is 0 Å². The van der Waals surface area contributed by atoms with E-state index in [0.717, 1.165) is 16.8 Å². The Kier molecular flexibility index (Phi) is 5.08. The largest absolute Gasteiger partial charge is 0.383 e. The number of fused-ring (bicyclic) bond motifs is 1. The lowest BCUT2D eigenvalue weighted by molar-refractivity contribution is -0.122. The Labute approximate surface area is 128 Å². The fourth-order valence-electron chi connectivity index (χ4n) is 2.05. The number of anilines is 1. The molecule has 0 fully saturated rings. The molecule has 6 nitrogen and oxygen atoms in total. The van der Waals surface area contributed by atoms with Crippen LogP contribution in [0.5, 0.6) is 0 Å². The molecule has 0 unspecified atom stereocenters. The molecule has 0 spiro atoms. The molecule has 1 amide bonds. The number of amides is 1. The molecule has 2 aromatic heterocycles. The van der Waals surface area contributed by atoms with Crippen molar-refractivity contribution in [2.75, 3.05) is 18.8 Å². The molecule has 2 aromatic rings. The highest BCUT2D eigenvalue weighted by Gasteiger charge is 2.13. The summed E-state index contributed by atoms with van der Waals surface area (Å²) in [5.41, 5.74) is 5.94. The molecule has 0 radical (unpaired) electrons. The summed E-state index contributed by atoms with van der Waals surface area (Å²) < 4.78 is 0. The molecule has 0 aliphatic heterocycles. The molecule has 2 heterocycles. The van der Waals surface area contributed by atoms with Gasteiger partial charge in [0, 0.05) is 6.04 Å². The first-order chi connectivity index (χ1) is 9.99. The minimum absolute atomic E-state index is 0.0111. The maximum absolute atomic E-state index is 11.8. The van der Waals surface area contributed by atoms with E-state index in [2.05, 4.69) is 15.3 Å². The molecule has 7 heteroatoms. The van der Waals surface area contributed by atoms with E-state index in [4.69, 9.17) is 5.73 Å². The zero-order chi connectivity index (χ0) is 15.4. The summed E-state index contributed by atoms with van der Waals surface area (Å²) in [6.45, 7) is 7.50. The Morgan fingerprint density at radius 3 is 2.90 bits per heavy atom. The average Bonchev–Trinajstić information content (AvgIpc) is 2.85. The van der Waals surface area contributed by atoms with Crippen molar-refractivity contribution in [1.82, 2.24) is 20.2 Å². The van der Waals surface area contributed by atoms with Gasteiger partial charge in [-0.25, -0.2) is 9.97 Å². The maximum Gasteiger partial charge on any atom is 0.234 e. The van der Waals surface area contributed by atoms with Crippen molar-refractivity contribution in [3.8, 4) is 0 Å². The Morgan fingerprint density at radius 1 is 1.48 bits per heavy atom. The predicted molar refractivity (Wildman–Crippen MR) is 86.1 cm³/mol. The lowest BCUT2D eigenvalue weighted by Gasteiger charge is -2.20. The summed E-state index contributed by atoms with van der Waals surface area (Å²) in [6, 6.07) is 2.07. The van der Waals surface area contributed by atoms with Gasteiger partial charge in [0.05, 0.1) is 18.5 Å². The van der Waals surface area contributed by atoms with Crippen molar-refractivity contribution in [2.24, 2.45) is 0 Å². The van der Waals surface area contributed by atoms with Gasteiger partial charge in [-0.15, -0.1) is 11.3 Å². The second-order valence-electron chi connectivity index (χ2n) is 5.19. The van der Waals surface area contributed by atoms with E-state index in [1.54, 1.807) is 11.3 Å². The first-order valence-corrected chi connectivity index (χ1v) is 7.88. The number of nitrogens with one attached hydrogen (secondary N) is 1. The first kappa shape index (κ1) is 15.7. The van der Waals surface area contributed by atoms with Crippen molar-refractivity contribution < 1.29 is 4.79 Å². The van der Waals surface area contributed by atoms with Gasteiger partial charge in [0.2, 0.25) is 5.91 Å². The van der Waals surface area contributed by atoms with E-state index < -0.39 is 0 Å². The number of hydrogen-bond donors (Lipinski definition) is 2. The number of nitrogen functional groups attached to an aromatic ring is 1. The van der Waals surface area contributed by atoms with Crippen molar-refractivity contribution in [1.29, 1.82) is 0 Å². The summed E-state index contributed by atoms with van der Waals surface area (Å²) in [5, 5.41) is 5.73. The molecule has 0 saturated heterocycles. The van der Waals surface area contributed by atoms with Crippen LogP contribution in [0.4, 0.5) is 5.82 Å². The van der Waals surface area contributed by atoms with Crippen molar-refractivity contribution >= 4 is 33.3 Å². The number of carbonyl (C=O) groups is 1. The number of rotatable bonds is 6. The van der Waals surface area contributed by atoms with Gasteiger partial charge in [-0.1, -0.05) is 6.92 Å². The normalized spacial score (nSPS) is 11.5. The van der Waals surface area contributed by atoms with Crippen LogP contribution < -0.4 is 11.1 Å². The van der Waals surface area contributed by atoms with E-state index in [0.29, 0.717) is 24.7 Å². The highest BCUT2D eigenvalue weighted by atomic mass is 32.1. The van der Waals surface area contributed by atoms with Crippen LogP contribution in [-0.4, -0.2) is 39.9 Å². The van der Waals surface area contributed by atoms with Gasteiger partial charge in [-0.05, 0) is 31.8 Å². The quantitative estimate of drug-likeness (QED) is 0.847. The summed E-state index contributed by atoms with van der Waals surface area (Å²) in [6.07, 6.45) is 0. The van der Waals surface area contributed by atoms with Crippen molar-refractivity contribution in [3.05, 3.63) is 17.3 Å². The molecule has 0 aliphatic carbocycles. The molecule has 3 N–H and O–H groups in total. The number of nitrogens with zero attached hydrogens (tertiary/aromatic N) is 3. The fraction of sp³-hybridized carbons (Fsp3) is 0.500. The number of thiophene rings is 1. The number of aromatic nitrogens is 2. The van der Waals surface area contributed by atoms with Gasteiger partial charge in [0.15, 0.2) is 0 Å². The first-order valence-electron chi connectivity index (χ1n) is 7.01. The van der Waals surface area contributed by atoms with E-state index in [1.807, 2.05) is 37.1 Å². The Balaban J connectivity index is 2.07. The minimum Gasteiger partial charge on any atom is -0.383 e. The van der Waals surface area contributed by atoms with Gasteiger partial charge in [0.25, 0.3) is 0 Å². The zero-order valence-corrected chi connectivity index (χ0v) is 13.4. The summed E-state index contributed by atoms with van der Waals surface area (Å²) in [4.78, 5) is 23.6. The maximum atomic E-state index is 11.8. The Morgan fingerprint density at radius 2 is 2.24 bits per heavy atom. The second kappa shape index (κ2) is 6.82. The molecule has 21 heavy (non-hydrogen) atoms. The topological polar surface area (TPSA) is 84.1 Å². The number of hydrogen-bond acceptors (Lipinski definition) is 6. The minimum atomic E-state index is 0.0111. The Bertz CT molecular complexity index is 625. The standard InChI is InChI=1S/C14H21N5OS/c1-4-19(8-12(20)16-9(2)3)7-11-17-13(15)10-5-6-21-14(10)18-11/h5-6,9H,4,7-8H2,1-3H3,(H,16,20)(H2,15,17,18). The van der Waals surface area contributed by atoms with Crippen molar-refractivity contribution in [3.63, 3.8) is 0 Å². The zero-order valence-electron chi connectivity index (χ0n) is 12.6. The fourth-order valence-corrected chi connectivity index (χ4v) is 2.84. The van der Waals surface area contributed by atoms with Crippen LogP contribution in [0.15, 0.2) is 11.4 Å². The van der Waals surface area contributed by atoms with Crippen molar-refractivity contribution in [2.45, 2.75) is 33.4 Å². The molecular formula is C14H21N5OS. The molecule has 114 valence electrons. The van der Waals surface area contributed by atoms with Gasteiger partial charge in [0.1, 0.15) is 16.5 Å². The average molecular weight is 307 g/mol. The molecule has 0 saturated carbocycles. The monoisotopic (exact) mass is 307 g/mol. The molecule has 0 aliphatic rings. The van der Waals surface area contributed by atoms with Crippen LogP contribution in [0.2, 0.25) is 0 Å². The van der Waals surface area contributed by atoms with Gasteiger partial charge in [-0.2, -0.15) is 0 Å². The number of carbonyl (C=O) groups excluding carboxylic acids is 1. The lowest BCUT2D eigenvalue weighted by atomic mass is 10.3. The summed E-state index contributed by atoms with van der Waals surface area (Å²) in [5.74, 6) is 1.16.